The number of carbonyl (C=O) groups excluding carboxylic acids is 1. The molecule has 44 heavy (non-hydrogen) atoms. The van der Waals surface area contributed by atoms with E-state index < -0.39 is 10.0 Å². The number of aryl methyl sites for hydroxylation is 1. The van der Waals surface area contributed by atoms with Gasteiger partial charge in [0, 0.05) is 31.2 Å². The lowest BCUT2D eigenvalue weighted by molar-refractivity contribution is -0.126. The van der Waals surface area contributed by atoms with Crippen LogP contribution >= 0.6 is 0 Å². The molecule has 2 unspecified atom stereocenters. The van der Waals surface area contributed by atoms with Crippen LogP contribution in [0.5, 0.6) is 11.5 Å². The van der Waals surface area contributed by atoms with Gasteiger partial charge in [0.2, 0.25) is 15.9 Å². The van der Waals surface area contributed by atoms with Crippen LogP contribution in [0.2, 0.25) is 0 Å². The Bertz CT molecular complexity index is 1280. The number of methoxy groups -OCH3 is 2. The maximum Gasteiger partial charge on any atom is 0.247 e. The molecule has 0 spiro atoms. The van der Waals surface area contributed by atoms with Gasteiger partial charge in [-0.2, -0.15) is 4.31 Å². The predicted molar refractivity (Wildman–Crippen MR) is 173 cm³/mol. The fraction of sp³-hybridized carbons (Fsp3) is 0.618. The summed E-state index contributed by atoms with van der Waals surface area (Å²) in [6.07, 6.45) is 9.22. The quantitative estimate of drug-likeness (QED) is 0.304. The summed E-state index contributed by atoms with van der Waals surface area (Å²) in [5.74, 6) is 1.77. The normalized spacial score (nSPS) is 22.0. The molecule has 9 nitrogen and oxygen atoms in total. The number of hydrogen-bond donors (Lipinski definition) is 1. The number of piperidine rings is 1. The molecule has 1 aliphatic heterocycles. The Hall–Kier alpha value is -2.66. The molecule has 1 saturated carbocycles. The lowest BCUT2D eigenvalue weighted by Gasteiger charge is -2.37. The van der Waals surface area contributed by atoms with E-state index in [1.807, 2.05) is 0 Å². The molecule has 1 saturated heterocycles. The van der Waals surface area contributed by atoms with Crippen molar-refractivity contribution in [3.05, 3.63) is 54.1 Å². The SMILES string of the molecule is COc1ccc(S(=O)(=O)N2CCCCC2COCC(=O)NCC2CCC(C(CCc3ccccc3)N(C)C)CC2)c(OC)c1. The van der Waals surface area contributed by atoms with Crippen molar-refractivity contribution in [2.75, 3.05) is 54.6 Å². The highest BCUT2D eigenvalue weighted by Crippen LogP contribution is 2.35. The standard InChI is InChI=1S/C34H51N3O6S/c1-36(2)31(19-15-26-10-6-5-7-11-26)28-16-13-27(14-17-28)23-35-34(38)25-43-24-29-12-8-9-21-37(29)44(39,40)33-20-18-30(41-3)22-32(33)42-4/h5-7,10-11,18,20,22,27-29,31H,8-9,12-17,19,21,23-25H2,1-4H3,(H,35,38). The van der Waals surface area contributed by atoms with Gasteiger partial charge in [-0.1, -0.05) is 36.8 Å². The van der Waals surface area contributed by atoms with Crippen molar-refractivity contribution in [2.45, 2.75) is 74.8 Å². The van der Waals surface area contributed by atoms with Gasteiger partial charge in [0.05, 0.1) is 20.8 Å². The van der Waals surface area contributed by atoms with Gasteiger partial charge in [0.1, 0.15) is 23.0 Å². The minimum atomic E-state index is -3.82. The zero-order valence-electron chi connectivity index (χ0n) is 26.9. The van der Waals surface area contributed by atoms with Crippen LogP contribution in [-0.4, -0.2) is 90.2 Å². The van der Waals surface area contributed by atoms with E-state index in [1.165, 1.54) is 43.0 Å². The molecule has 2 aromatic rings. The van der Waals surface area contributed by atoms with Crippen LogP contribution in [0, 0.1) is 11.8 Å². The van der Waals surface area contributed by atoms with Crippen molar-refractivity contribution in [1.82, 2.24) is 14.5 Å². The lowest BCUT2D eigenvalue weighted by atomic mass is 9.76. The minimum absolute atomic E-state index is 0.0756. The van der Waals surface area contributed by atoms with Crippen molar-refractivity contribution in [3.63, 3.8) is 0 Å². The average Bonchev–Trinajstić information content (AvgIpc) is 3.04. The van der Waals surface area contributed by atoms with Gasteiger partial charge in [-0.3, -0.25) is 4.79 Å². The van der Waals surface area contributed by atoms with E-state index in [0.29, 0.717) is 43.1 Å². The third-order valence-corrected chi connectivity index (χ3v) is 11.3. The second kappa shape index (κ2) is 16.6. The smallest absolute Gasteiger partial charge is 0.247 e. The number of amides is 1. The topological polar surface area (TPSA) is 97.4 Å². The highest BCUT2D eigenvalue weighted by molar-refractivity contribution is 7.89. The summed E-state index contributed by atoms with van der Waals surface area (Å²) in [4.78, 5) is 15.1. The average molecular weight is 630 g/mol. The maximum atomic E-state index is 13.6. The first-order chi connectivity index (χ1) is 21.2. The van der Waals surface area contributed by atoms with E-state index >= 15 is 0 Å². The summed E-state index contributed by atoms with van der Waals surface area (Å²) < 4.78 is 45.1. The summed E-state index contributed by atoms with van der Waals surface area (Å²) in [5, 5.41) is 3.06. The summed E-state index contributed by atoms with van der Waals surface area (Å²) in [6, 6.07) is 15.7. The van der Waals surface area contributed by atoms with E-state index in [-0.39, 0.29) is 35.8 Å². The fourth-order valence-electron chi connectivity index (χ4n) is 6.82. The molecule has 4 rings (SSSR count). The number of hydrogen-bond acceptors (Lipinski definition) is 7. The third-order valence-electron chi connectivity index (χ3n) is 9.33. The highest BCUT2D eigenvalue weighted by atomic mass is 32.2. The minimum Gasteiger partial charge on any atom is -0.497 e. The first kappa shape index (κ1) is 34.2. The number of sulfonamides is 1. The molecule has 2 aromatic carbocycles. The molecule has 2 atom stereocenters. The molecule has 1 amide bonds. The predicted octanol–water partition coefficient (Wildman–Crippen LogP) is 4.75. The van der Waals surface area contributed by atoms with Crippen LogP contribution in [-0.2, 0) is 26.0 Å². The number of nitrogens with one attached hydrogen (secondary N) is 1. The number of rotatable bonds is 15. The van der Waals surface area contributed by atoms with E-state index in [4.69, 9.17) is 14.2 Å². The first-order valence-corrected chi connectivity index (χ1v) is 17.5. The van der Waals surface area contributed by atoms with Gasteiger partial charge < -0.3 is 24.4 Å². The van der Waals surface area contributed by atoms with E-state index in [0.717, 1.165) is 38.5 Å². The van der Waals surface area contributed by atoms with Crippen LogP contribution in [0.3, 0.4) is 0 Å². The Balaban J connectivity index is 1.20. The molecule has 2 fully saturated rings. The molecule has 1 heterocycles. The third kappa shape index (κ3) is 9.19. The van der Waals surface area contributed by atoms with Crippen LogP contribution < -0.4 is 14.8 Å². The van der Waals surface area contributed by atoms with Gasteiger partial charge in [0.25, 0.3) is 0 Å². The van der Waals surface area contributed by atoms with Crippen molar-refractivity contribution >= 4 is 15.9 Å². The van der Waals surface area contributed by atoms with Gasteiger partial charge in [-0.15, -0.1) is 0 Å². The second-order valence-corrected chi connectivity index (χ2v) is 14.3. The zero-order valence-corrected chi connectivity index (χ0v) is 27.7. The number of nitrogens with zero attached hydrogens (tertiary/aromatic N) is 2. The van der Waals surface area contributed by atoms with Crippen molar-refractivity contribution in [3.8, 4) is 11.5 Å². The molecule has 0 radical (unpaired) electrons. The largest absolute Gasteiger partial charge is 0.497 e. The molecular weight excluding hydrogens is 578 g/mol. The maximum absolute atomic E-state index is 13.6. The molecule has 0 bridgehead atoms. The Morgan fingerprint density at radius 2 is 1.75 bits per heavy atom. The van der Waals surface area contributed by atoms with E-state index in [1.54, 1.807) is 12.1 Å². The summed E-state index contributed by atoms with van der Waals surface area (Å²) in [7, 11) is 3.54. The first-order valence-electron chi connectivity index (χ1n) is 16.0. The van der Waals surface area contributed by atoms with Crippen LogP contribution in [0.15, 0.2) is 53.4 Å². The van der Waals surface area contributed by atoms with Crippen molar-refractivity contribution in [1.29, 1.82) is 0 Å². The Morgan fingerprint density at radius 3 is 2.43 bits per heavy atom. The fourth-order valence-corrected chi connectivity index (χ4v) is 8.64. The zero-order chi connectivity index (χ0) is 31.5. The van der Waals surface area contributed by atoms with E-state index in [2.05, 4.69) is 54.6 Å². The Kier molecular flexibility index (Phi) is 12.9. The molecular formula is C34H51N3O6S. The van der Waals surface area contributed by atoms with E-state index in [9.17, 15) is 13.2 Å². The number of ether oxygens (including phenoxy) is 3. The molecule has 244 valence electrons. The number of carbonyl (C=O) groups is 1. The van der Waals surface area contributed by atoms with Gasteiger partial charge in [0.15, 0.2) is 0 Å². The summed E-state index contributed by atoms with van der Waals surface area (Å²) >= 11 is 0. The van der Waals surface area contributed by atoms with Gasteiger partial charge in [-0.05, 0) is 95.0 Å². The summed E-state index contributed by atoms with van der Waals surface area (Å²) in [6.45, 7) is 1.16. The van der Waals surface area contributed by atoms with Crippen molar-refractivity contribution < 1.29 is 27.4 Å². The second-order valence-electron chi connectivity index (χ2n) is 12.4. The van der Waals surface area contributed by atoms with Gasteiger partial charge >= 0.3 is 0 Å². The van der Waals surface area contributed by atoms with Gasteiger partial charge in [-0.25, -0.2) is 8.42 Å². The number of benzene rings is 2. The molecule has 1 aliphatic carbocycles. The van der Waals surface area contributed by atoms with Crippen LogP contribution in [0.1, 0.15) is 56.9 Å². The van der Waals surface area contributed by atoms with Crippen molar-refractivity contribution in [2.24, 2.45) is 11.8 Å². The Labute approximate surface area is 264 Å². The molecule has 1 N–H and O–H groups in total. The monoisotopic (exact) mass is 629 g/mol. The highest BCUT2D eigenvalue weighted by Gasteiger charge is 2.36. The lowest BCUT2D eigenvalue weighted by Crippen LogP contribution is -2.46. The molecule has 0 aromatic heterocycles. The van der Waals surface area contributed by atoms with Crippen LogP contribution in [0.4, 0.5) is 0 Å². The van der Waals surface area contributed by atoms with Crippen LogP contribution in [0.25, 0.3) is 0 Å². The molecule has 2 aliphatic rings. The molecule has 10 heteroatoms. The Morgan fingerprint density at radius 1 is 1.00 bits per heavy atom. The summed E-state index contributed by atoms with van der Waals surface area (Å²) in [5.41, 5.74) is 1.40.